The largest absolute Gasteiger partial charge is 0.497 e. The fourth-order valence-electron chi connectivity index (χ4n) is 4.33. The molecule has 1 heterocycles. The van der Waals surface area contributed by atoms with E-state index in [1.165, 1.54) is 23.3 Å². The number of H-pyrrole nitrogens is 1. The maximum Gasteiger partial charge on any atom is 0.251 e. The maximum atomic E-state index is 13.0. The highest BCUT2D eigenvalue weighted by Gasteiger charge is 2.23. The number of nitrogens with one attached hydrogen (secondary N) is 2. The Morgan fingerprint density at radius 2 is 1.85 bits per heavy atom. The van der Waals surface area contributed by atoms with E-state index in [0.29, 0.717) is 18.5 Å². The number of nitrogens with zero attached hydrogens (tertiary/aromatic N) is 1. The van der Waals surface area contributed by atoms with Crippen LogP contribution in [0.15, 0.2) is 66.7 Å². The standard InChI is InChI=1S/C27H24FN3O2/c1-33-22-11-13-23-20(16-22)8-12-24-25(30-31-26(23)24)18-4-6-19(7-5-18)27(32)29-15-14-17-2-9-21(28)10-3-17/h2-7,9-11,13,16H,8,12,14-15H2,1H3,(H,29,32)(H,30,31). The number of amides is 1. The molecule has 0 bridgehead atoms. The summed E-state index contributed by atoms with van der Waals surface area (Å²) >= 11 is 0. The van der Waals surface area contributed by atoms with Crippen LogP contribution in [0.25, 0.3) is 22.5 Å². The summed E-state index contributed by atoms with van der Waals surface area (Å²) in [4.78, 5) is 12.5. The van der Waals surface area contributed by atoms with Crippen molar-refractivity contribution in [3.05, 3.63) is 94.8 Å². The van der Waals surface area contributed by atoms with Gasteiger partial charge in [-0.1, -0.05) is 24.3 Å². The Kier molecular flexibility index (Phi) is 5.65. The Labute approximate surface area is 191 Å². The van der Waals surface area contributed by atoms with Crippen LogP contribution in [0.2, 0.25) is 0 Å². The molecular formula is C27H24FN3O2. The molecule has 1 aromatic heterocycles. The minimum Gasteiger partial charge on any atom is -0.497 e. The number of carbonyl (C=O) groups excluding carboxylic acids is 1. The normalized spacial score (nSPS) is 12.1. The number of methoxy groups -OCH3 is 1. The zero-order valence-electron chi connectivity index (χ0n) is 18.3. The molecule has 2 N–H and O–H groups in total. The molecule has 1 aliphatic carbocycles. The highest BCUT2D eigenvalue weighted by atomic mass is 19.1. The van der Waals surface area contributed by atoms with E-state index < -0.39 is 0 Å². The number of hydrogen-bond donors (Lipinski definition) is 2. The molecule has 0 spiro atoms. The summed E-state index contributed by atoms with van der Waals surface area (Å²) in [6, 6.07) is 20.0. The Balaban J connectivity index is 1.28. The summed E-state index contributed by atoms with van der Waals surface area (Å²) in [5.41, 5.74) is 8.15. The molecule has 5 nitrogen and oxygen atoms in total. The third-order valence-electron chi connectivity index (χ3n) is 6.13. The lowest BCUT2D eigenvalue weighted by Gasteiger charge is -2.17. The van der Waals surface area contributed by atoms with Crippen LogP contribution in [0, 0.1) is 5.82 Å². The van der Waals surface area contributed by atoms with Gasteiger partial charge in [0.2, 0.25) is 0 Å². The number of aromatic amines is 1. The lowest BCUT2D eigenvalue weighted by molar-refractivity contribution is 0.0954. The molecule has 0 atom stereocenters. The topological polar surface area (TPSA) is 67.0 Å². The van der Waals surface area contributed by atoms with Crippen LogP contribution in [-0.4, -0.2) is 29.8 Å². The summed E-state index contributed by atoms with van der Waals surface area (Å²) in [5.74, 6) is 0.476. The summed E-state index contributed by atoms with van der Waals surface area (Å²) in [6.07, 6.45) is 2.48. The molecule has 6 heteroatoms. The van der Waals surface area contributed by atoms with E-state index in [4.69, 9.17) is 4.74 Å². The first-order chi connectivity index (χ1) is 16.1. The van der Waals surface area contributed by atoms with E-state index in [1.54, 1.807) is 19.2 Å². The number of carbonyl (C=O) groups is 1. The molecule has 0 fully saturated rings. The van der Waals surface area contributed by atoms with E-state index in [0.717, 1.165) is 46.7 Å². The Morgan fingerprint density at radius 3 is 2.61 bits per heavy atom. The maximum absolute atomic E-state index is 13.0. The van der Waals surface area contributed by atoms with Crippen LogP contribution in [0.4, 0.5) is 4.39 Å². The molecule has 33 heavy (non-hydrogen) atoms. The smallest absolute Gasteiger partial charge is 0.251 e. The van der Waals surface area contributed by atoms with Crippen molar-refractivity contribution in [2.75, 3.05) is 13.7 Å². The van der Waals surface area contributed by atoms with E-state index in [-0.39, 0.29) is 11.7 Å². The summed E-state index contributed by atoms with van der Waals surface area (Å²) in [7, 11) is 1.68. The number of fused-ring (bicyclic) bond motifs is 3. The molecule has 5 rings (SSSR count). The van der Waals surface area contributed by atoms with Crippen molar-refractivity contribution in [3.63, 3.8) is 0 Å². The second kappa shape index (κ2) is 8.90. The van der Waals surface area contributed by atoms with Gasteiger partial charge in [-0.15, -0.1) is 0 Å². The highest BCUT2D eigenvalue weighted by molar-refractivity contribution is 5.94. The van der Waals surface area contributed by atoms with Gasteiger partial charge in [-0.05, 0) is 72.9 Å². The Morgan fingerprint density at radius 1 is 1.06 bits per heavy atom. The summed E-state index contributed by atoms with van der Waals surface area (Å²) < 4.78 is 18.4. The van der Waals surface area contributed by atoms with Crippen molar-refractivity contribution < 1.29 is 13.9 Å². The van der Waals surface area contributed by atoms with Crippen LogP contribution < -0.4 is 10.1 Å². The fraction of sp³-hybridized carbons (Fsp3) is 0.185. The molecule has 166 valence electrons. The third-order valence-corrected chi connectivity index (χ3v) is 6.13. The molecule has 0 saturated carbocycles. The third kappa shape index (κ3) is 4.24. The summed E-state index contributed by atoms with van der Waals surface area (Å²) in [5, 5.41) is 10.7. The van der Waals surface area contributed by atoms with Crippen molar-refractivity contribution in [1.82, 2.24) is 15.5 Å². The van der Waals surface area contributed by atoms with Gasteiger partial charge < -0.3 is 10.1 Å². The zero-order valence-corrected chi connectivity index (χ0v) is 18.3. The molecule has 4 aromatic rings. The van der Waals surface area contributed by atoms with E-state index in [1.807, 2.05) is 30.3 Å². The average molecular weight is 442 g/mol. The van der Waals surface area contributed by atoms with Crippen LogP contribution in [0.5, 0.6) is 5.75 Å². The van der Waals surface area contributed by atoms with E-state index in [9.17, 15) is 9.18 Å². The predicted octanol–water partition coefficient (Wildman–Crippen LogP) is 4.96. The van der Waals surface area contributed by atoms with Crippen molar-refractivity contribution in [2.24, 2.45) is 0 Å². The van der Waals surface area contributed by atoms with Crippen LogP contribution in [0.1, 0.15) is 27.0 Å². The number of aryl methyl sites for hydroxylation is 1. The Bertz CT molecular complexity index is 1290. The van der Waals surface area contributed by atoms with Gasteiger partial charge in [0.1, 0.15) is 11.6 Å². The first-order valence-corrected chi connectivity index (χ1v) is 11.0. The molecule has 0 unspecified atom stereocenters. The lowest BCUT2D eigenvalue weighted by atomic mass is 9.87. The first kappa shape index (κ1) is 20.9. The van der Waals surface area contributed by atoms with Crippen molar-refractivity contribution >= 4 is 5.91 Å². The van der Waals surface area contributed by atoms with Crippen LogP contribution in [-0.2, 0) is 19.3 Å². The predicted molar refractivity (Wildman–Crippen MR) is 126 cm³/mol. The van der Waals surface area contributed by atoms with Gasteiger partial charge >= 0.3 is 0 Å². The van der Waals surface area contributed by atoms with E-state index >= 15 is 0 Å². The first-order valence-electron chi connectivity index (χ1n) is 11.0. The highest BCUT2D eigenvalue weighted by Crippen LogP contribution is 2.38. The molecule has 1 amide bonds. The molecule has 0 saturated heterocycles. The molecule has 1 aliphatic rings. The van der Waals surface area contributed by atoms with Gasteiger partial charge in [0.15, 0.2) is 0 Å². The quantitative estimate of drug-likeness (QED) is 0.444. The van der Waals surface area contributed by atoms with Gasteiger partial charge in [0, 0.05) is 28.8 Å². The zero-order chi connectivity index (χ0) is 22.8. The fourth-order valence-corrected chi connectivity index (χ4v) is 4.33. The number of hydrogen-bond acceptors (Lipinski definition) is 3. The van der Waals surface area contributed by atoms with Crippen LogP contribution in [0.3, 0.4) is 0 Å². The second-order valence-corrected chi connectivity index (χ2v) is 8.16. The molecule has 0 aliphatic heterocycles. The van der Waals surface area contributed by atoms with Gasteiger partial charge in [-0.3, -0.25) is 9.89 Å². The number of rotatable bonds is 6. The number of aromatic nitrogens is 2. The van der Waals surface area contributed by atoms with Gasteiger partial charge in [0.25, 0.3) is 5.91 Å². The lowest BCUT2D eigenvalue weighted by Crippen LogP contribution is -2.25. The van der Waals surface area contributed by atoms with Crippen molar-refractivity contribution in [2.45, 2.75) is 19.3 Å². The number of benzene rings is 3. The molecule has 0 radical (unpaired) electrons. The minimum absolute atomic E-state index is 0.129. The minimum atomic E-state index is -0.259. The van der Waals surface area contributed by atoms with Gasteiger partial charge in [-0.25, -0.2) is 4.39 Å². The van der Waals surface area contributed by atoms with Gasteiger partial charge in [-0.2, -0.15) is 5.10 Å². The SMILES string of the molecule is COc1ccc2c(c1)CCc1c(-c3ccc(C(=O)NCCc4ccc(F)cc4)cc3)n[nH]c1-2. The van der Waals surface area contributed by atoms with Crippen molar-refractivity contribution in [3.8, 4) is 28.3 Å². The Hall–Kier alpha value is -3.93. The number of ether oxygens (including phenoxy) is 1. The average Bonchev–Trinajstić information content (AvgIpc) is 3.29. The number of halogens is 1. The molecular weight excluding hydrogens is 417 g/mol. The van der Waals surface area contributed by atoms with Gasteiger partial charge in [0.05, 0.1) is 18.5 Å². The van der Waals surface area contributed by atoms with Crippen molar-refractivity contribution in [1.29, 1.82) is 0 Å². The second-order valence-electron chi connectivity index (χ2n) is 8.16. The molecule has 3 aromatic carbocycles. The van der Waals surface area contributed by atoms with E-state index in [2.05, 4.69) is 27.6 Å². The summed E-state index contributed by atoms with van der Waals surface area (Å²) in [6.45, 7) is 0.489. The van der Waals surface area contributed by atoms with Crippen LogP contribution >= 0.6 is 0 Å². The monoisotopic (exact) mass is 441 g/mol.